The molecule has 0 heterocycles. The molecule has 1 aromatic rings. The van der Waals surface area contributed by atoms with Gasteiger partial charge in [-0.15, -0.1) is 0 Å². The van der Waals surface area contributed by atoms with E-state index >= 15 is 0 Å². The molecule has 0 spiro atoms. The van der Waals surface area contributed by atoms with Gasteiger partial charge in [0, 0.05) is 39.0 Å². The Morgan fingerprint density at radius 2 is 1.60 bits per heavy atom. The van der Waals surface area contributed by atoms with Crippen LogP contribution in [-0.4, -0.2) is 56.9 Å². The smallest absolute Gasteiger partial charge is 0.207 e. The fourth-order valence-corrected chi connectivity index (χ4v) is 3.45. The molecule has 0 bridgehead atoms. The molecule has 0 aliphatic heterocycles. The van der Waals surface area contributed by atoms with Crippen LogP contribution in [-0.2, 0) is 16.0 Å². The number of likely N-dealkylation sites (N-methyl/N-ethyl adjacent to an activating group) is 2. The number of ketones is 1. The predicted molar refractivity (Wildman–Crippen MR) is 128 cm³/mol. The van der Waals surface area contributed by atoms with Gasteiger partial charge < -0.3 is 15.5 Å². The van der Waals surface area contributed by atoms with Crippen LogP contribution in [0.5, 0.6) is 0 Å². The van der Waals surface area contributed by atoms with Crippen LogP contribution in [0.3, 0.4) is 0 Å². The summed E-state index contributed by atoms with van der Waals surface area (Å²) in [6, 6.07) is 6.47. The van der Waals surface area contributed by atoms with Gasteiger partial charge in [0.2, 0.25) is 6.41 Å². The Morgan fingerprint density at radius 1 is 1.03 bits per heavy atom. The maximum atomic E-state index is 12.0. The van der Waals surface area contributed by atoms with Crippen molar-refractivity contribution in [3.63, 3.8) is 0 Å². The second-order valence-electron chi connectivity index (χ2n) is 8.30. The minimum atomic E-state index is 0.368. The van der Waals surface area contributed by atoms with E-state index < -0.39 is 0 Å². The molecule has 0 saturated carbocycles. The maximum absolute atomic E-state index is 12.0. The molecule has 172 valence electrons. The number of hydrogen-bond donors (Lipinski definition) is 2. The van der Waals surface area contributed by atoms with Gasteiger partial charge in [-0.3, -0.25) is 9.59 Å². The Bertz CT molecular complexity index is 574. The van der Waals surface area contributed by atoms with Crippen LogP contribution in [0.15, 0.2) is 18.2 Å². The first-order valence-electron chi connectivity index (χ1n) is 11.5. The molecular weight excluding hydrogens is 374 g/mol. The molecule has 5 nitrogen and oxygen atoms in total. The largest absolute Gasteiger partial charge is 0.357 e. The summed E-state index contributed by atoms with van der Waals surface area (Å²) in [5.74, 6) is 1.33. The van der Waals surface area contributed by atoms with Gasteiger partial charge in [0.25, 0.3) is 0 Å². The highest BCUT2D eigenvalue weighted by molar-refractivity contribution is 5.81. The van der Waals surface area contributed by atoms with Gasteiger partial charge in [-0.2, -0.15) is 0 Å². The Morgan fingerprint density at radius 3 is 2.03 bits per heavy atom. The molecule has 0 aliphatic carbocycles. The summed E-state index contributed by atoms with van der Waals surface area (Å²) >= 11 is 0. The fraction of sp³-hybridized carbons (Fsp3) is 0.680. The minimum absolute atomic E-state index is 0.368. The Kier molecular flexibility index (Phi) is 16.0. The number of benzene rings is 1. The first kappa shape index (κ1) is 28.3. The van der Waals surface area contributed by atoms with Crippen LogP contribution in [0.25, 0.3) is 0 Å². The highest BCUT2D eigenvalue weighted by Gasteiger charge is 2.15. The van der Waals surface area contributed by atoms with Crippen molar-refractivity contribution >= 4 is 12.2 Å². The lowest BCUT2D eigenvalue weighted by atomic mass is 9.86. The van der Waals surface area contributed by atoms with Crippen LogP contribution < -0.4 is 10.6 Å². The lowest BCUT2D eigenvalue weighted by Crippen LogP contribution is -2.35. The van der Waals surface area contributed by atoms with E-state index in [-0.39, 0.29) is 0 Å². The molecule has 0 aliphatic rings. The van der Waals surface area contributed by atoms with Crippen molar-refractivity contribution in [3.05, 3.63) is 34.9 Å². The summed E-state index contributed by atoms with van der Waals surface area (Å²) < 4.78 is 0. The molecule has 30 heavy (non-hydrogen) atoms. The van der Waals surface area contributed by atoms with Gasteiger partial charge in [-0.05, 0) is 48.5 Å². The average Bonchev–Trinajstić information content (AvgIpc) is 2.71. The van der Waals surface area contributed by atoms with Crippen molar-refractivity contribution in [2.45, 2.75) is 72.6 Å². The topological polar surface area (TPSA) is 61.4 Å². The number of hydrogen-bond acceptors (Lipinski definition) is 4. The van der Waals surface area contributed by atoms with Crippen LogP contribution >= 0.6 is 0 Å². The van der Waals surface area contributed by atoms with Gasteiger partial charge in [0.15, 0.2) is 0 Å². The summed E-state index contributed by atoms with van der Waals surface area (Å²) in [6.07, 6.45) is 2.99. The molecule has 0 aromatic heterocycles. The predicted octanol–water partition coefficient (Wildman–Crippen LogP) is 4.12. The SMILES string of the molecule is CCCC(=O)Cc1c(C(C)C)cccc1C(C)C.CCN(CCNC)CCNC=O. The third-order valence-electron chi connectivity index (χ3n) is 5.18. The number of nitrogens with one attached hydrogen (secondary N) is 2. The summed E-state index contributed by atoms with van der Waals surface area (Å²) in [7, 11) is 1.94. The second kappa shape index (κ2) is 17.0. The first-order chi connectivity index (χ1) is 14.3. The van der Waals surface area contributed by atoms with Crippen molar-refractivity contribution in [1.82, 2.24) is 15.5 Å². The molecule has 0 unspecified atom stereocenters. The normalized spacial score (nSPS) is 10.9. The van der Waals surface area contributed by atoms with Crippen LogP contribution in [0.1, 0.15) is 82.9 Å². The van der Waals surface area contributed by atoms with Crippen molar-refractivity contribution < 1.29 is 9.59 Å². The summed E-state index contributed by atoms with van der Waals surface area (Å²) in [5, 5.41) is 5.74. The summed E-state index contributed by atoms with van der Waals surface area (Å²) in [6.45, 7) is 17.7. The highest BCUT2D eigenvalue weighted by Crippen LogP contribution is 2.28. The molecular formula is C25H45N3O2. The standard InChI is InChI=1S/C17H26O.C8H19N3O/c1-6-8-14(18)11-17-15(12(2)3)9-7-10-16(17)13(4)5;1-3-11(6-4-9-2)7-5-10-8-12/h7,9-10,12-13H,6,8,11H2,1-5H3;8-9H,3-7H2,1-2H3,(H,10,12). The molecule has 1 amide bonds. The summed E-state index contributed by atoms with van der Waals surface area (Å²) in [4.78, 5) is 24.2. The van der Waals surface area contributed by atoms with E-state index in [0.717, 1.165) is 45.6 Å². The number of carbonyl (C=O) groups excluding carboxylic acids is 2. The third kappa shape index (κ3) is 11.5. The number of rotatable bonds is 14. The number of carbonyl (C=O) groups is 2. The molecule has 1 rings (SSSR count). The monoisotopic (exact) mass is 419 g/mol. The van der Waals surface area contributed by atoms with E-state index in [1.54, 1.807) is 0 Å². The van der Waals surface area contributed by atoms with Gasteiger partial charge in [-0.1, -0.05) is 59.7 Å². The lowest BCUT2D eigenvalue weighted by molar-refractivity contribution is -0.118. The van der Waals surface area contributed by atoms with Gasteiger partial charge in [0.1, 0.15) is 5.78 Å². The maximum Gasteiger partial charge on any atom is 0.207 e. The Balaban J connectivity index is 0.000000612. The van der Waals surface area contributed by atoms with Gasteiger partial charge >= 0.3 is 0 Å². The van der Waals surface area contributed by atoms with Crippen molar-refractivity contribution in [2.75, 3.05) is 39.8 Å². The molecule has 0 fully saturated rings. The van der Waals surface area contributed by atoms with E-state index in [0.29, 0.717) is 30.5 Å². The van der Waals surface area contributed by atoms with E-state index in [1.165, 1.54) is 16.7 Å². The third-order valence-corrected chi connectivity index (χ3v) is 5.18. The number of nitrogens with zero attached hydrogens (tertiary/aromatic N) is 1. The number of amides is 1. The van der Waals surface area contributed by atoms with Crippen molar-refractivity contribution in [2.24, 2.45) is 0 Å². The van der Waals surface area contributed by atoms with Crippen molar-refractivity contribution in [1.29, 1.82) is 0 Å². The molecule has 0 saturated heterocycles. The Hall–Kier alpha value is -1.72. The van der Waals surface area contributed by atoms with Crippen LogP contribution in [0.2, 0.25) is 0 Å². The summed E-state index contributed by atoms with van der Waals surface area (Å²) in [5.41, 5.74) is 3.96. The zero-order valence-corrected chi connectivity index (χ0v) is 20.4. The zero-order valence-electron chi connectivity index (χ0n) is 20.4. The van der Waals surface area contributed by atoms with Crippen LogP contribution in [0.4, 0.5) is 0 Å². The average molecular weight is 420 g/mol. The fourth-order valence-electron chi connectivity index (χ4n) is 3.45. The quantitative estimate of drug-likeness (QED) is 0.352. The lowest BCUT2D eigenvalue weighted by Gasteiger charge is -2.19. The van der Waals surface area contributed by atoms with Gasteiger partial charge in [-0.25, -0.2) is 0 Å². The number of Topliss-reactive ketones (excluding diaryl/α,β-unsaturated/α-hetero) is 1. The molecule has 0 radical (unpaired) electrons. The van der Waals surface area contributed by atoms with E-state index in [9.17, 15) is 9.59 Å². The van der Waals surface area contributed by atoms with Crippen molar-refractivity contribution in [3.8, 4) is 0 Å². The van der Waals surface area contributed by atoms with E-state index in [4.69, 9.17) is 0 Å². The first-order valence-corrected chi connectivity index (χ1v) is 11.5. The molecule has 5 heteroatoms. The molecule has 0 atom stereocenters. The van der Waals surface area contributed by atoms with E-state index in [2.05, 4.69) is 75.3 Å². The minimum Gasteiger partial charge on any atom is -0.357 e. The van der Waals surface area contributed by atoms with E-state index in [1.807, 2.05) is 7.05 Å². The molecule has 1 aromatic carbocycles. The molecule has 2 N–H and O–H groups in total. The van der Waals surface area contributed by atoms with Crippen LogP contribution in [0, 0.1) is 0 Å². The zero-order chi connectivity index (χ0) is 22.9. The Labute approximate surface area is 185 Å². The second-order valence-corrected chi connectivity index (χ2v) is 8.30. The van der Waals surface area contributed by atoms with Gasteiger partial charge in [0.05, 0.1) is 0 Å². The highest BCUT2D eigenvalue weighted by atomic mass is 16.1.